The maximum atomic E-state index is 9.33. The molecule has 0 amide bonds. The van der Waals surface area contributed by atoms with E-state index in [1.54, 1.807) is 6.92 Å². The van der Waals surface area contributed by atoms with Crippen molar-refractivity contribution in [1.82, 2.24) is 9.80 Å². The molecule has 3 heteroatoms. The van der Waals surface area contributed by atoms with E-state index in [1.165, 1.54) is 25.7 Å². The summed E-state index contributed by atoms with van der Waals surface area (Å²) in [5.41, 5.74) is 0. The molecule has 14 heavy (non-hydrogen) atoms. The molecule has 1 unspecified atom stereocenters. The number of nitrogens with zero attached hydrogens (tertiary/aromatic N) is 2. The molecule has 0 aromatic rings. The van der Waals surface area contributed by atoms with Gasteiger partial charge in [-0.15, -0.1) is 0 Å². The molecule has 0 aromatic heterocycles. The van der Waals surface area contributed by atoms with Crippen LogP contribution in [0.25, 0.3) is 0 Å². The van der Waals surface area contributed by atoms with Crippen molar-refractivity contribution >= 4 is 0 Å². The molecule has 1 N–H and O–H groups in total. The fourth-order valence-electron chi connectivity index (χ4n) is 1.61. The lowest BCUT2D eigenvalue weighted by Crippen LogP contribution is -2.32. The zero-order valence-electron chi connectivity index (χ0n) is 9.32. The van der Waals surface area contributed by atoms with Crippen LogP contribution in [0.5, 0.6) is 0 Å². The summed E-state index contributed by atoms with van der Waals surface area (Å²) in [6, 6.07) is 0. The van der Waals surface area contributed by atoms with Crippen molar-refractivity contribution in [3.63, 3.8) is 0 Å². The van der Waals surface area contributed by atoms with Crippen LogP contribution >= 0.6 is 0 Å². The van der Waals surface area contributed by atoms with Crippen LogP contribution in [0.4, 0.5) is 0 Å². The van der Waals surface area contributed by atoms with Gasteiger partial charge in [0.1, 0.15) is 6.23 Å². The van der Waals surface area contributed by atoms with E-state index in [9.17, 15) is 5.11 Å². The molecule has 1 rings (SSSR count). The lowest BCUT2D eigenvalue weighted by molar-refractivity contribution is 0.0408. The van der Waals surface area contributed by atoms with Crippen molar-refractivity contribution in [1.29, 1.82) is 0 Å². The van der Waals surface area contributed by atoms with E-state index in [2.05, 4.69) is 18.0 Å². The predicted molar refractivity (Wildman–Crippen MR) is 58.4 cm³/mol. The van der Waals surface area contributed by atoms with Gasteiger partial charge in [-0.2, -0.15) is 0 Å². The summed E-state index contributed by atoms with van der Waals surface area (Å²) in [5, 5.41) is 9.33. The summed E-state index contributed by atoms with van der Waals surface area (Å²) in [4.78, 5) is 4.18. The smallest absolute Gasteiger partial charge is 0.125 e. The molecular weight excluding hydrogens is 176 g/mol. The Morgan fingerprint density at radius 3 is 2.64 bits per heavy atom. The number of unbranched alkanes of at least 4 members (excludes halogenated alkanes) is 3. The van der Waals surface area contributed by atoms with E-state index >= 15 is 0 Å². The van der Waals surface area contributed by atoms with E-state index in [1.807, 2.05) is 11.1 Å². The average Bonchev–Trinajstić information content (AvgIpc) is 2.61. The molecule has 1 heterocycles. The lowest BCUT2D eigenvalue weighted by atomic mass is 10.2. The molecule has 0 fully saturated rings. The Bertz CT molecular complexity index is 180. The van der Waals surface area contributed by atoms with Gasteiger partial charge in [-0.05, 0) is 13.3 Å². The van der Waals surface area contributed by atoms with Crippen molar-refractivity contribution < 1.29 is 5.11 Å². The first-order valence-corrected chi connectivity index (χ1v) is 5.60. The highest BCUT2D eigenvalue weighted by atomic mass is 16.3. The summed E-state index contributed by atoms with van der Waals surface area (Å²) in [5.74, 6) is 0. The molecule has 0 saturated heterocycles. The standard InChI is InChI=1S/C11H22N2O/c1-3-4-5-6-7-12-8-9-13(10-12)11(2)14/h8-9,11,14H,3-7,10H2,1-2H3. The van der Waals surface area contributed by atoms with Gasteiger partial charge in [-0.25, -0.2) is 0 Å². The van der Waals surface area contributed by atoms with Crippen LogP contribution in [0.1, 0.15) is 39.5 Å². The van der Waals surface area contributed by atoms with Gasteiger partial charge < -0.3 is 14.9 Å². The molecule has 1 aliphatic rings. The topological polar surface area (TPSA) is 26.7 Å². The third-order valence-corrected chi connectivity index (χ3v) is 2.59. The second kappa shape index (κ2) is 5.91. The van der Waals surface area contributed by atoms with E-state index in [0.717, 1.165) is 13.2 Å². The van der Waals surface area contributed by atoms with Crippen LogP contribution in [-0.4, -0.2) is 34.3 Å². The maximum Gasteiger partial charge on any atom is 0.125 e. The third kappa shape index (κ3) is 3.58. The van der Waals surface area contributed by atoms with Crippen molar-refractivity contribution in [2.75, 3.05) is 13.2 Å². The molecule has 0 spiro atoms. The minimum atomic E-state index is -0.369. The van der Waals surface area contributed by atoms with Gasteiger partial charge in [-0.3, -0.25) is 0 Å². The fourth-order valence-corrected chi connectivity index (χ4v) is 1.61. The predicted octanol–water partition coefficient (Wildman–Crippen LogP) is 1.95. The zero-order chi connectivity index (χ0) is 10.4. The molecular formula is C11H22N2O. The molecule has 82 valence electrons. The first-order valence-electron chi connectivity index (χ1n) is 5.60. The van der Waals surface area contributed by atoms with Crippen molar-refractivity contribution in [3.05, 3.63) is 12.4 Å². The van der Waals surface area contributed by atoms with Gasteiger partial charge in [0.2, 0.25) is 0 Å². The Balaban J connectivity index is 2.08. The number of aliphatic hydroxyl groups is 1. The second-order valence-corrected chi connectivity index (χ2v) is 3.96. The molecule has 1 aliphatic heterocycles. The minimum absolute atomic E-state index is 0.369. The van der Waals surface area contributed by atoms with E-state index in [4.69, 9.17) is 0 Å². The van der Waals surface area contributed by atoms with Gasteiger partial charge in [0.25, 0.3) is 0 Å². The van der Waals surface area contributed by atoms with E-state index in [0.29, 0.717) is 0 Å². The average molecular weight is 198 g/mol. The highest BCUT2D eigenvalue weighted by Crippen LogP contribution is 2.10. The van der Waals surface area contributed by atoms with Crippen LogP contribution in [0.2, 0.25) is 0 Å². The molecule has 0 radical (unpaired) electrons. The van der Waals surface area contributed by atoms with E-state index < -0.39 is 0 Å². The zero-order valence-corrected chi connectivity index (χ0v) is 9.32. The Kier molecular flexibility index (Phi) is 4.80. The molecule has 0 bridgehead atoms. The Morgan fingerprint density at radius 2 is 2.07 bits per heavy atom. The molecule has 0 aromatic carbocycles. The van der Waals surface area contributed by atoms with E-state index in [-0.39, 0.29) is 6.23 Å². The molecule has 0 saturated carbocycles. The van der Waals surface area contributed by atoms with Gasteiger partial charge in [0, 0.05) is 18.9 Å². The number of hydrogen-bond donors (Lipinski definition) is 1. The molecule has 0 aliphatic carbocycles. The fraction of sp³-hybridized carbons (Fsp3) is 0.818. The minimum Gasteiger partial charge on any atom is -0.374 e. The van der Waals surface area contributed by atoms with Crippen molar-refractivity contribution in [3.8, 4) is 0 Å². The van der Waals surface area contributed by atoms with Crippen LogP contribution < -0.4 is 0 Å². The summed E-state index contributed by atoms with van der Waals surface area (Å²) < 4.78 is 0. The third-order valence-electron chi connectivity index (χ3n) is 2.59. The van der Waals surface area contributed by atoms with Gasteiger partial charge in [0.15, 0.2) is 0 Å². The summed E-state index contributed by atoms with van der Waals surface area (Å²) >= 11 is 0. The quantitative estimate of drug-likeness (QED) is 0.661. The summed E-state index contributed by atoms with van der Waals surface area (Å²) in [6.07, 6.45) is 8.85. The van der Waals surface area contributed by atoms with Gasteiger partial charge in [0.05, 0.1) is 6.67 Å². The van der Waals surface area contributed by atoms with Gasteiger partial charge >= 0.3 is 0 Å². The largest absolute Gasteiger partial charge is 0.374 e. The summed E-state index contributed by atoms with van der Waals surface area (Å²) in [7, 11) is 0. The Hall–Kier alpha value is -0.700. The second-order valence-electron chi connectivity index (χ2n) is 3.96. The number of aliphatic hydroxyl groups excluding tert-OH is 1. The molecule has 1 atom stereocenters. The van der Waals surface area contributed by atoms with Crippen molar-refractivity contribution in [2.24, 2.45) is 0 Å². The summed E-state index contributed by atoms with van der Waals surface area (Å²) in [6.45, 7) is 5.97. The highest BCUT2D eigenvalue weighted by Gasteiger charge is 2.14. The Labute approximate surface area is 87.0 Å². The SMILES string of the molecule is CCCCCCN1C=CN(C(C)O)C1. The van der Waals surface area contributed by atoms with Crippen LogP contribution in [0, 0.1) is 0 Å². The number of rotatable bonds is 6. The van der Waals surface area contributed by atoms with Crippen molar-refractivity contribution in [2.45, 2.75) is 45.8 Å². The van der Waals surface area contributed by atoms with Gasteiger partial charge in [-0.1, -0.05) is 26.2 Å². The van der Waals surface area contributed by atoms with Crippen LogP contribution in [-0.2, 0) is 0 Å². The maximum absolute atomic E-state index is 9.33. The Morgan fingerprint density at radius 1 is 1.29 bits per heavy atom. The van der Waals surface area contributed by atoms with Crippen LogP contribution in [0.3, 0.4) is 0 Å². The first-order chi connectivity index (χ1) is 6.74. The molecule has 3 nitrogen and oxygen atoms in total. The monoisotopic (exact) mass is 198 g/mol. The highest BCUT2D eigenvalue weighted by molar-refractivity contribution is 4.90. The lowest BCUT2D eigenvalue weighted by Gasteiger charge is -2.23. The first kappa shape index (κ1) is 11.4. The normalized spacial score (nSPS) is 17.9. The number of hydrogen-bond acceptors (Lipinski definition) is 3. The van der Waals surface area contributed by atoms with Crippen LogP contribution in [0.15, 0.2) is 12.4 Å².